The molecular formula is C17H23NO3S. The van der Waals surface area contributed by atoms with Crippen LogP contribution in [0.5, 0.6) is 0 Å². The minimum atomic E-state index is -0.447. The highest BCUT2D eigenvalue weighted by molar-refractivity contribution is 7.98. The highest BCUT2D eigenvalue weighted by Gasteiger charge is 2.23. The standard InChI is InChI=1S/C17H23NO3S/c1-12-7-3-5-9-14(12)18-16(19)11-21-17(20)13-8-4-6-10-15(13)22-2/h4,6,8,10,12,14H,3,5,7,9,11H2,1-2H3,(H,18,19)/t12-,14+/m1/s1. The van der Waals surface area contributed by atoms with Crippen LogP contribution in [0.2, 0.25) is 0 Å². The van der Waals surface area contributed by atoms with Crippen molar-refractivity contribution in [2.45, 2.75) is 43.5 Å². The van der Waals surface area contributed by atoms with Crippen molar-refractivity contribution in [3.8, 4) is 0 Å². The van der Waals surface area contributed by atoms with Gasteiger partial charge in [0.15, 0.2) is 6.61 Å². The number of hydrogen-bond donors (Lipinski definition) is 1. The SMILES string of the molecule is CSc1ccccc1C(=O)OCC(=O)N[C@H]1CCCC[C@H]1C. The maximum atomic E-state index is 12.1. The second kappa shape index (κ2) is 8.22. The van der Waals surface area contributed by atoms with Gasteiger partial charge >= 0.3 is 5.97 Å². The van der Waals surface area contributed by atoms with E-state index in [-0.39, 0.29) is 18.6 Å². The fourth-order valence-electron chi connectivity index (χ4n) is 2.80. The Bertz CT molecular complexity index is 532. The van der Waals surface area contributed by atoms with Crippen molar-refractivity contribution >= 4 is 23.6 Å². The molecule has 2 atom stereocenters. The number of ether oxygens (including phenoxy) is 1. The van der Waals surface area contributed by atoms with Crippen molar-refractivity contribution in [3.05, 3.63) is 29.8 Å². The van der Waals surface area contributed by atoms with Gasteiger partial charge in [-0.05, 0) is 37.1 Å². The Labute approximate surface area is 136 Å². The number of rotatable bonds is 5. The summed E-state index contributed by atoms with van der Waals surface area (Å²) in [4.78, 5) is 24.9. The zero-order valence-corrected chi connectivity index (χ0v) is 13.9. The van der Waals surface area contributed by atoms with Gasteiger partial charge in [0.25, 0.3) is 5.91 Å². The Morgan fingerprint density at radius 1 is 1.27 bits per heavy atom. The molecule has 0 heterocycles. The number of amides is 1. The maximum Gasteiger partial charge on any atom is 0.339 e. The number of hydrogen-bond acceptors (Lipinski definition) is 4. The molecule has 0 unspecified atom stereocenters. The molecule has 1 aliphatic carbocycles. The van der Waals surface area contributed by atoms with E-state index in [0.717, 1.165) is 24.2 Å². The molecule has 120 valence electrons. The summed E-state index contributed by atoms with van der Waals surface area (Å²) in [5.41, 5.74) is 0.508. The molecule has 1 aliphatic rings. The number of nitrogens with one attached hydrogen (secondary N) is 1. The molecule has 1 fully saturated rings. The first-order valence-corrected chi connectivity index (χ1v) is 8.93. The number of carbonyl (C=O) groups is 2. The average molecular weight is 321 g/mol. The smallest absolute Gasteiger partial charge is 0.339 e. The van der Waals surface area contributed by atoms with Crippen molar-refractivity contribution in [1.29, 1.82) is 0 Å². The third-order valence-electron chi connectivity index (χ3n) is 4.12. The lowest BCUT2D eigenvalue weighted by atomic mass is 9.86. The number of thioether (sulfide) groups is 1. The van der Waals surface area contributed by atoms with Gasteiger partial charge in [-0.1, -0.05) is 31.9 Å². The van der Waals surface area contributed by atoms with Crippen LogP contribution in [0, 0.1) is 5.92 Å². The summed E-state index contributed by atoms with van der Waals surface area (Å²) in [7, 11) is 0. The van der Waals surface area contributed by atoms with E-state index in [0.29, 0.717) is 11.5 Å². The monoisotopic (exact) mass is 321 g/mol. The van der Waals surface area contributed by atoms with Crippen molar-refractivity contribution in [1.82, 2.24) is 5.32 Å². The van der Waals surface area contributed by atoms with Gasteiger partial charge in [-0.15, -0.1) is 11.8 Å². The molecule has 0 aromatic heterocycles. The summed E-state index contributed by atoms with van der Waals surface area (Å²) >= 11 is 1.49. The third-order valence-corrected chi connectivity index (χ3v) is 4.91. The summed E-state index contributed by atoms with van der Waals surface area (Å²) in [5, 5.41) is 2.98. The molecule has 0 aliphatic heterocycles. The minimum Gasteiger partial charge on any atom is -0.452 e. The van der Waals surface area contributed by atoms with Crippen LogP contribution in [-0.2, 0) is 9.53 Å². The van der Waals surface area contributed by atoms with Gasteiger partial charge < -0.3 is 10.1 Å². The van der Waals surface area contributed by atoms with Gasteiger partial charge in [-0.3, -0.25) is 4.79 Å². The zero-order valence-electron chi connectivity index (χ0n) is 13.1. The molecule has 0 saturated heterocycles. The van der Waals surface area contributed by atoms with E-state index < -0.39 is 5.97 Å². The van der Waals surface area contributed by atoms with Crippen LogP contribution in [0.25, 0.3) is 0 Å². The maximum absolute atomic E-state index is 12.1. The lowest BCUT2D eigenvalue weighted by molar-refractivity contribution is -0.125. The molecular weight excluding hydrogens is 298 g/mol. The van der Waals surface area contributed by atoms with Crippen molar-refractivity contribution in [2.75, 3.05) is 12.9 Å². The average Bonchev–Trinajstić information content (AvgIpc) is 2.54. The summed E-state index contributed by atoms with van der Waals surface area (Å²) < 4.78 is 5.14. The van der Waals surface area contributed by atoms with E-state index in [2.05, 4.69) is 12.2 Å². The molecule has 22 heavy (non-hydrogen) atoms. The van der Waals surface area contributed by atoms with E-state index in [1.165, 1.54) is 18.2 Å². The molecule has 0 radical (unpaired) electrons. The van der Waals surface area contributed by atoms with Crippen LogP contribution in [0.3, 0.4) is 0 Å². The molecule has 1 aromatic rings. The number of esters is 1. The predicted octanol–water partition coefficient (Wildman–Crippen LogP) is 3.26. The highest BCUT2D eigenvalue weighted by atomic mass is 32.2. The second-order valence-corrected chi connectivity index (χ2v) is 6.56. The molecule has 4 nitrogen and oxygen atoms in total. The predicted molar refractivity (Wildman–Crippen MR) is 88.1 cm³/mol. The molecule has 5 heteroatoms. The van der Waals surface area contributed by atoms with E-state index in [1.807, 2.05) is 18.4 Å². The molecule has 0 bridgehead atoms. The molecule has 0 spiro atoms. The van der Waals surface area contributed by atoms with E-state index >= 15 is 0 Å². The fraction of sp³-hybridized carbons (Fsp3) is 0.529. The summed E-state index contributed by atoms with van der Waals surface area (Å²) in [6.45, 7) is 1.94. The first-order chi connectivity index (χ1) is 10.6. The van der Waals surface area contributed by atoms with Crippen LogP contribution in [0.1, 0.15) is 43.0 Å². The second-order valence-electron chi connectivity index (χ2n) is 5.71. The van der Waals surface area contributed by atoms with Gasteiger partial charge in [0.1, 0.15) is 0 Å². The van der Waals surface area contributed by atoms with Crippen molar-refractivity contribution in [3.63, 3.8) is 0 Å². The zero-order chi connectivity index (χ0) is 15.9. The van der Waals surface area contributed by atoms with Gasteiger partial charge in [0.05, 0.1) is 5.56 Å². The largest absolute Gasteiger partial charge is 0.452 e. The Morgan fingerprint density at radius 2 is 2.00 bits per heavy atom. The molecule has 1 aromatic carbocycles. The normalized spacial score (nSPS) is 21.2. The van der Waals surface area contributed by atoms with Crippen LogP contribution in [-0.4, -0.2) is 30.8 Å². The van der Waals surface area contributed by atoms with Gasteiger partial charge in [0.2, 0.25) is 0 Å². The highest BCUT2D eigenvalue weighted by Crippen LogP contribution is 2.23. The van der Waals surface area contributed by atoms with Gasteiger partial charge in [-0.2, -0.15) is 0 Å². The Hall–Kier alpha value is -1.49. The van der Waals surface area contributed by atoms with Gasteiger partial charge in [-0.25, -0.2) is 4.79 Å². The Morgan fingerprint density at radius 3 is 2.73 bits per heavy atom. The Balaban J connectivity index is 1.84. The topological polar surface area (TPSA) is 55.4 Å². The van der Waals surface area contributed by atoms with Crippen molar-refractivity contribution < 1.29 is 14.3 Å². The van der Waals surface area contributed by atoms with E-state index in [1.54, 1.807) is 12.1 Å². The Kier molecular flexibility index (Phi) is 6.31. The molecule has 1 amide bonds. The summed E-state index contributed by atoms with van der Waals surface area (Å²) in [6.07, 6.45) is 6.44. The first kappa shape index (κ1) is 16.9. The van der Waals surface area contributed by atoms with Crippen LogP contribution in [0.4, 0.5) is 0 Å². The van der Waals surface area contributed by atoms with Crippen LogP contribution in [0.15, 0.2) is 29.2 Å². The minimum absolute atomic E-state index is 0.207. The fourth-order valence-corrected chi connectivity index (χ4v) is 3.39. The summed E-state index contributed by atoms with van der Waals surface area (Å²) in [6, 6.07) is 7.46. The molecule has 1 N–H and O–H groups in total. The first-order valence-electron chi connectivity index (χ1n) is 7.71. The van der Waals surface area contributed by atoms with Crippen LogP contribution >= 0.6 is 11.8 Å². The molecule has 2 rings (SSSR count). The van der Waals surface area contributed by atoms with Crippen molar-refractivity contribution in [2.24, 2.45) is 5.92 Å². The summed E-state index contributed by atoms with van der Waals surface area (Å²) in [5.74, 6) is -0.170. The van der Waals surface area contributed by atoms with E-state index in [9.17, 15) is 9.59 Å². The van der Waals surface area contributed by atoms with Crippen LogP contribution < -0.4 is 5.32 Å². The lowest BCUT2D eigenvalue weighted by Gasteiger charge is -2.29. The molecule has 1 saturated carbocycles. The quantitative estimate of drug-likeness (QED) is 0.668. The number of carbonyl (C=O) groups excluding carboxylic acids is 2. The number of benzene rings is 1. The third kappa shape index (κ3) is 4.50. The lowest BCUT2D eigenvalue weighted by Crippen LogP contribution is -2.42. The van der Waals surface area contributed by atoms with E-state index in [4.69, 9.17) is 4.74 Å². The van der Waals surface area contributed by atoms with Gasteiger partial charge in [0, 0.05) is 10.9 Å².